The molecule has 0 saturated heterocycles. The Bertz CT molecular complexity index is 319. The first-order chi connectivity index (χ1) is 6.48. The summed E-state index contributed by atoms with van der Waals surface area (Å²) in [5, 5.41) is 0.331. The molecule has 0 aliphatic heterocycles. The van der Waals surface area contributed by atoms with E-state index in [1.165, 1.54) is 7.11 Å². The molecule has 1 rings (SSSR count). The van der Waals surface area contributed by atoms with E-state index in [4.69, 9.17) is 22.1 Å². The molecule has 0 aliphatic carbocycles. The summed E-state index contributed by atoms with van der Waals surface area (Å²) >= 11 is 6.63. The van der Waals surface area contributed by atoms with E-state index in [0.717, 1.165) is 11.3 Å². The van der Waals surface area contributed by atoms with Gasteiger partial charge in [0.05, 0.1) is 25.0 Å². The molecule has 0 bridgehead atoms. The average Bonchev–Trinajstić information content (AvgIpc) is 2.47. The molecule has 0 radical (unpaired) electrons. The van der Waals surface area contributed by atoms with Gasteiger partial charge in [-0.25, -0.2) is 8.78 Å². The molecule has 1 heterocycles. The first kappa shape index (κ1) is 11.6. The fourth-order valence-electron chi connectivity index (χ4n) is 0.816. The second kappa shape index (κ2) is 4.37. The Morgan fingerprint density at radius 3 is 2.71 bits per heavy atom. The van der Waals surface area contributed by atoms with Gasteiger partial charge in [0.15, 0.2) is 0 Å². The summed E-state index contributed by atoms with van der Waals surface area (Å²) in [7, 11) is 1.40. The van der Waals surface area contributed by atoms with Crippen LogP contribution in [0.5, 0.6) is 5.19 Å². The average molecular weight is 243 g/mol. The molecule has 7 heteroatoms. The maximum Gasteiger partial charge on any atom is 0.274 e. The molecule has 0 amide bonds. The lowest BCUT2D eigenvalue weighted by molar-refractivity contribution is 0.0122. The highest BCUT2D eigenvalue weighted by Gasteiger charge is 2.29. The molecule has 0 aromatic carbocycles. The molecule has 2 N–H and O–H groups in total. The van der Waals surface area contributed by atoms with E-state index in [2.05, 4.69) is 4.98 Å². The second-order valence-electron chi connectivity index (χ2n) is 2.63. The van der Waals surface area contributed by atoms with Gasteiger partial charge in [-0.3, -0.25) is 0 Å². The molecule has 0 atom stereocenters. The number of halogens is 3. The van der Waals surface area contributed by atoms with E-state index in [0.29, 0.717) is 4.88 Å². The van der Waals surface area contributed by atoms with Crippen LogP contribution in [0.4, 0.5) is 8.78 Å². The SMILES string of the molecule is COc1nc(Cl)c(CC(F)(F)CN)s1. The number of alkyl halides is 2. The lowest BCUT2D eigenvalue weighted by Crippen LogP contribution is -2.29. The van der Waals surface area contributed by atoms with Gasteiger partial charge in [-0.05, 0) is 0 Å². The summed E-state index contributed by atoms with van der Waals surface area (Å²) in [5.74, 6) is -2.94. The molecule has 0 fully saturated rings. The third kappa shape index (κ3) is 2.76. The maximum atomic E-state index is 12.9. The summed E-state index contributed by atoms with van der Waals surface area (Å²) in [6.07, 6.45) is -0.497. The lowest BCUT2D eigenvalue weighted by atomic mass is 10.2. The van der Waals surface area contributed by atoms with E-state index < -0.39 is 18.9 Å². The topological polar surface area (TPSA) is 48.1 Å². The summed E-state index contributed by atoms with van der Waals surface area (Å²) in [5.41, 5.74) is 4.90. The predicted molar refractivity (Wildman–Crippen MR) is 51.4 cm³/mol. The van der Waals surface area contributed by atoms with Gasteiger partial charge in [-0.15, -0.1) is 0 Å². The Morgan fingerprint density at radius 1 is 1.64 bits per heavy atom. The number of rotatable bonds is 4. The zero-order valence-corrected chi connectivity index (χ0v) is 8.96. The van der Waals surface area contributed by atoms with Crippen molar-refractivity contribution in [1.29, 1.82) is 0 Å². The van der Waals surface area contributed by atoms with E-state index in [9.17, 15) is 8.78 Å². The van der Waals surface area contributed by atoms with Crippen LogP contribution in [0.15, 0.2) is 0 Å². The summed E-state index contributed by atoms with van der Waals surface area (Å²) in [6.45, 7) is -0.705. The smallest absolute Gasteiger partial charge is 0.274 e. The van der Waals surface area contributed by atoms with Crippen molar-refractivity contribution in [3.63, 3.8) is 0 Å². The van der Waals surface area contributed by atoms with Crippen molar-refractivity contribution < 1.29 is 13.5 Å². The van der Waals surface area contributed by atoms with Crippen molar-refractivity contribution in [1.82, 2.24) is 4.98 Å². The number of thiazole rings is 1. The highest BCUT2D eigenvalue weighted by Crippen LogP contribution is 2.32. The van der Waals surface area contributed by atoms with Gasteiger partial charge in [-0.1, -0.05) is 22.9 Å². The second-order valence-corrected chi connectivity index (χ2v) is 4.04. The third-order valence-corrected chi connectivity index (χ3v) is 2.96. The van der Waals surface area contributed by atoms with Gasteiger partial charge < -0.3 is 10.5 Å². The van der Waals surface area contributed by atoms with Crippen LogP contribution < -0.4 is 10.5 Å². The van der Waals surface area contributed by atoms with Crippen LogP contribution in [0.25, 0.3) is 0 Å². The van der Waals surface area contributed by atoms with Gasteiger partial charge in [-0.2, -0.15) is 4.98 Å². The monoisotopic (exact) mass is 242 g/mol. The lowest BCUT2D eigenvalue weighted by Gasteiger charge is -2.11. The quantitative estimate of drug-likeness (QED) is 0.878. The van der Waals surface area contributed by atoms with Crippen LogP contribution in [-0.2, 0) is 6.42 Å². The van der Waals surface area contributed by atoms with Gasteiger partial charge in [0, 0.05) is 0 Å². The Hall–Kier alpha value is -0.460. The number of hydrogen-bond donors (Lipinski definition) is 1. The number of methoxy groups -OCH3 is 1. The molecule has 3 nitrogen and oxygen atoms in total. The predicted octanol–water partition coefficient (Wildman–Crippen LogP) is 1.94. The number of nitrogens with zero attached hydrogens (tertiary/aromatic N) is 1. The molecule has 1 aromatic rings. The fourth-order valence-corrected chi connectivity index (χ4v) is 1.97. The van der Waals surface area contributed by atoms with Crippen molar-refractivity contribution in [3.8, 4) is 5.19 Å². The molecule has 80 valence electrons. The fraction of sp³-hybridized carbons (Fsp3) is 0.571. The first-order valence-electron chi connectivity index (χ1n) is 3.75. The number of aromatic nitrogens is 1. The Kier molecular flexibility index (Phi) is 3.63. The van der Waals surface area contributed by atoms with E-state index >= 15 is 0 Å². The van der Waals surface area contributed by atoms with E-state index in [-0.39, 0.29) is 10.3 Å². The maximum absolute atomic E-state index is 12.9. The molecular weight excluding hydrogens is 234 g/mol. The summed E-state index contributed by atoms with van der Waals surface area (Å²) in [6, 6.07) is 0. The summed E-state index contributed by atoms with van der Waals surface area (Å²) in [4.78, 5) is 4.03. The molecule has 0 saturated carbocycles. The van der Waals surface area contributed by atoms with Crippen LogP contribution in [0, 0.1) is 0 Å². The minimum atomic E-state index is -2.94. The largest absolute Gasteiger partial charge is 0.473 e. The van der Waals surface area contributed by atoms with Gasteiger partial charge >= 0.3 is 0 Å². The van der Waals surface area contributed by atoms with Crippen molar-refractivity contribution in [3.05, 3.63) is 10.0 Å². The Morgan fingerprint density at radius 2 is 2.29 bits per heavy atom. The van der Waals surface area contributed by atoms with Crippen LogP contribution in [0.3, 0.4) is 0 Å². The Balaban J connectivity index is 2.81. The van der Waals surface area contributed by atoms with Gasteiger partial charge in [0.1, 0.15) is 5.15 Å². The van der Waals surface area contributed by atoms with E-state index in [1.54, 1.807) is 0 Å². The molecule has 1 aromatic heterocycles. The third-order valence-electron chi connectivity index (χ3n) is 1.52. The van der Waals surface area contributed by atoms with Crippen LogP contribution in [0.2, 0.25) is 5.15 Å². The minimum absolute atomic E-state index is 0.0555. The Labute approximate surface area is 88.8 Å². The zero-order valence-electron chi connectivity index (χ0n) is 7.39. The first-order valence-corrected chi connectivity index (χ1v) is 4.95. The van der Waals surface area contributed by atoms with E-state index in [1.807, 2.05) is 0 Å². The number of ether oxygens (including phenoxy) is 1. The normalized spacial score (nSPS) is 11.8. The van der Waals surface area contributed by atoms with Crippen molar-refractivity contribution in [2.75, 3.05) is 13.7 Å². The highest BCUT2D eigenvalue weighted by molar-refractivity contribution is 7.13. The number of nitrogens with two attached hydrogens (primary N) is 1. The van der Waals surface area contributed by atoms with Crippen LogP contribution in [-0.4, -0.2) is 24.6 Å². The standard InChI is InChI=1S/C7H9ClF2N2OS/c1-13-6-12-5(8)4(14-6)2-7(9,10)3-11/h2-3,11H2,1H3. The van der Waals surface area contributed by atoms with Crippen molar-refractivity contribution in [2.24, 2.45) is 5.73 Å². The van der Waals surface area contributed by atoms with Crippen molar-refractivity contribution in [2.45, 2.75) is 12.3 Å². The van der Waals surface area contributed by atoms with Crippen LogP contribution >= 0.6 is 22.9 Å². The van der Waals surface area contributed by atoms with Crippen molar-refractivity contribution >= 4 is 22.9 Å². The minimum Gasteiger partial charge on any atom is -0.473 e. The molecule has 0 spiro atoms. The molecule has 0 unspecified atom stereocenters. The molecular formula is C7H9ClF2N2OS. The van der Waals surface area contributed by atoms with Gasteiger partial charge in [0.25, 0.3) is 11.1 Å². The molecule has 14 heavy (non-hydrogen) atoms. The van der Waals surface area contributed by atoms with Crippen LogP contribution in [0.1, 0.15) is 4.88 Å². The molecule has 0 aliphatic rings. The highest BCUT2D eigenvalue weighted by atomic mass is 35.5. The zero-order chi connectivity index (χ0) is 10.8. The number of hydrogen-bond acceptors (Lipinski definition) is 4. The van der Waals surface area contributed by atoms with Gasteiger partial charge in [0.2, 0.25) is 0 Å². The summed E-state index contributed by atoms with van der Waals surface area (Å²) < 4.78 is 30.5.